The highest BCUT2D eigenvalue weighted by atomic mass is 16.5. The van der Waals surface area contributed by atoms with Crippen molar-refractivity contribution in [3.63, 3.8) is 0 Å². The van der Waals surface area contributed by atoms with Gasteiger partial charge in [0.15, 0.2) is 0 Å². The normalized spacial score (nSPS) is 17.8. The van der Waals surface area contributed by atoms with Crippen LogP contribution in [0.3, 0.4) is 0 Å². The van der Waals surface area contributed by atoms with Crippen molar-refractivity contribution >= 4 is 5.97 Å². The van der Waals surface area contributed by atoms with Gasteiger partial charge in [0.05, 0.1) is 18.1 Å². The molecule has 0 bridgehead atoms. The van der Waals surface area contributed by atoms with Crippen molar-refractivity contribution in [2.75, 3.05) is 6.61 Å². The van der Waals surface area contributed by atoms with Crippen LogP contribution in [0.2, 0.25) is 0 Å². The van der Waals surface area contributed by atoms with Crippen LogP contribution in [0.15, 0.2) is 18.2 Å². The number of fused-ring (bicyclic) bond motifs is 1. The number of hydrogen-bond donors (Lipinski definition) is 1. The minimum Gasteiger partial charge on any atom is -0.487 e. The van der Waals surface area contributed by atoms with Gasteiger partial charge in [-0.15, -0.1) is 0 Å². The van der Waals surface area contributed by atoms with Gasteiger partial charge in [0.2, 0.25) is 0 Å². The predicted molar refractivity (Wildman–Crippen MR) is 80.2 cm³/mol. The first-order chi connectivity index (χ1) is 9.69. The lowest BCUT2D eigenvalue weighted by Crippen LogP contribution is -2.33. The third-order valence-electron chi connectivity index (χ3n) is 3.90. The van der Waals surface area contributed by atoms with Crippen molar-refractivity contribution in [3.05, 3.63) is 29.3 Å². The van der Waals surface area contributed by atoms with E-state index in [1.807, 2.05) is 32.0 Å². The maximum absolute atomic E-state index is 12.1. The quantitative estimate of drug-likeness (QED) is 0.867. The van der Waals surface area contributed by atoms with Crippen LogP contribution >= 0.6 is 0 Å². The molecule has 1 heterocycles. The molecule has 1 unspecified atom stereocenters. The lowest BCUT2D eigenvalue weighted by atomic mass is 9.82. The van der Waals surface area contributed by atoms with Gasteiger partial charge in [-0.05, 0) is 40.2 Å². The minimum absolute atomic E-state index is 0.285. The van der Waals surface area contributed by atoms with Gasteiger partial charge >= 0.3 is 5.97 Å². The average molecular weight is 292 g/mol. The van der Waals surface area contributed by atoms with Crippen LogP contribution in [-0.2, 0) is 16.0 Å². The number of esters is 1. The van der Waals surface area contributed by atoms with E-state index in [1.165, 1.54) is 0 Å². The van der Waals surface area contributed by atoms with E-state index in [1.54, 1.807) is 20.8 Å². The van der Waals surface area contributed by atoms with Crippen LogP contribution in [0.1, 0.15) is 51.8 Å². The third-order valence-corrected chi connectivity index (χ3v) is 3.90. The molecule has 4 nitrogen and oxygen atoms in total. The molecule has 1 aromatic carbocycles. The topological polar surface area (TPSA) is 55.8 Å². The molecule has 4 heteroatoms. The standard InChI is InChI=1S/C17H24O4/c1-6-20-15(19)17(4,5)14(18)12-9-7-8-11-10-16(2,3)21-13(11)12/h7-9,14,18H,6,10H2,1-5H3. The Bertz CT molecular complexity index is 546. The molecule has 1 aliphatic rings. The van der Waals surface area contributed by atoms with Gasteiger partial charge in [0.25, 0.3) is 0 Å². The van der Waals surface area contributed by atoms with E-state index >= 15 is 0 Å². The summed E-state index contributed by atoms with van der Waals surface area (Å²) in [5, 5.41) is 10.7. The molecule has 0 fully saturated rings. The Kier molecular flexibility index (Phi) is 4.02. The Morgan fingerprint density at radius 1 is 1.48 bits per heavy atom. The highest BCUT2D eigenvalue weighted by Gasteiger charge is 2.42. The van der Waals surface area contributed by atoms with Gasteiger partial charge in [-0.2, -0.15) is 0 Å². The Hall–Kier alpha value is -1.55. The largest absolute Gasteiger partial charge is 0.487 e. The van der Waals surface area contributed by atoms with E-state index in [0.29, 0.717) is 17.9 Å². The highest BCUT2D eigenvalue weighted by Crippen LogP contribution is 2.44. The molecule has 0 saturated heterocycles. The number of aliphatic hydroxyl groups is 1. The van der Waals surface area contributed by atoms with Crippen molar-refractivity contribution in [2.45, 2.75) is 52.7 Å². The number of hydrogen-bond acceptors (Lipinski definition) is 4. The lowest BCUT2D eigenvalue weighted by molar-refractivity contribution is -0.160. The smallest absolute Gasteiger partial charge is 0.314 e. The molecule has 0 aliphatic carbocycles. The molecule has 2 rings (SSSR count). The fraction of sp³-hybridized carbons (Fsp3) is 0.588. The molecule has 0 aromatic heterocycles. The van der Waals surface area contributed by atoms with Crippen molar-refractivity contribution in [2.24, 2.45) is 5.41 Å². The van der Waals surface area contributed by atoms with E-state index in [-0.39, 0.29) is 5.60 Å². The fourth-order valence-corrected chi connectivity index (χ4v) is 2.67. The first kappa shape index (κ1) is 15.8. The first-order valence-electron chi connectivity index (χ1n) is 7.35. The SMILES string of the molecule is CCOC(=O)C(C)(C)C(O)c1cccc2c1OC(C)(C)C2. The number of ether oxygens (including phenoxy) is 2. The maximum atomic E-state index is 12.1. The van der Waals surface area contributed by atoms with Gasteiger partial charge in [0, 0.05) is 12.0 Å². The molecule has 1 atom stereocenters. The van der Waals surface area contributed by atoms with Crippen molar-refractivity contribution in [3.8, 4) is 5.75 Å². The molecule has 21 heavy (non-hydrogen) atoms. The Balaban J connectivity index is 2.36. The summed E-state index contributed by atoms with van der Waals surface area (Å²) >= 11 is 0. The summed E-state index contributed by atoms with van der Waals surface area (Å²) in [7, 11) is 0. The molecule has 1 aliphatic heterocycles. The molecule has 0 amide bonds. The van der Waals surface area contributed by atoms with Crippen LogP contribution < -0.4 is 4.74 Å². The summed E-state index contributed by atoms with van der Waals surface area (Å²) in [5.41, 5.74) is 0.403. The maximum Gasteiger partial charge on any atom is 0.314 e. The summed E-state index contributed by atoms with van der Waals surface area (Å²) in [4.78, 5) is 12.1. The minimum atomic E-state index is -1.03. The van der Waals surface area contributed by atoms with Gasteiger partial charge in [0.1, 0.15) is 11.4 Å². The predicted octanol–water partition coefficient (Wildman–Crippen LogP) is 3.02. The van der Waals surface area contributed by atoms with Gasteiger partial charge in [-0.3, -0.25) is 4.79 Å². The number of aliphatic hydroxyl groups excluding tert-OH is 1. The van der Waals surface area contributed by atoms with Gasteiger partial charge in [-0.1, -0.05) is 18.2 Å². The third kappa shape index (κ3) is 2.91. The van der Waals surface area contributed by atoms with E-state index in [2.05, 4.69) is 0 Å². The summed E-state index contributed by atoms with van der Waals surface area (Å²) < 4.78 is 11.0. The second kappa shape index (κ2) is 5.34. The van der Waals surface area contributed by atoms with E-state index in [0.717, 1.165) is 12.0 Å². The van der Waals surface area contributed by atoms with Gasteiger partial charge < -0.3 is 14.6 Å². The lowest BCUT2D eigenvalue weighted by Gasteiger charge is -2.29. The molecular weight excluding hydrogens is 268 g/mol. The summed E-state index contributed by atoms with van der Waals surface area (Å²) in [6.45, 7) is 9.46. The molecule has 1 N–H and O–H groups in total. The van der Waals surface area contributed by atoms with Gasteiger partial charge in [-0.25, -0.2) is 0 Å². The van der Waals surface area contributed by atoms with Crippen LogP contribution in [-0.4, -0.2) is 23.3 Å². The Morgan fingerprint density at radius 2 is 2.14 bits per heavy atom. The molecule has 0 radical (unpaired) electrons. The summed E-state index contributed by atoms with van der Waals surface area (Å²) in [6, 6.07) is 5.70. The molecule has 1 aromatic rings. The van der Waals surface area contributed by atoms with Crippen LogP contribution in [0.25, 0.3) is 0 Å². The zero-order chi connectivity index (χ0) is 15.8. The Morgan fingerprint density at radius 3 is 2.76 bits per heavy atom. The average Bonchev–Trinajstić information content (AvgIpc) is 2.71. The second-order valence-corrected chi connectivity index (χ2v) is 6.72. The monoisotopic (exact) mass is 292 g/mol. The number of rotatable bonds is 4. The molecule has 0 saturated carbocycles. The number of carbonyl (C=O) groups is 1. The number of para-hydroxylation sites is 1. The van der Waals surface area contributed by atoms with Crippen molar-refractivity contribution in [1.82, 2.24) is 0 Å². The second-order valence-electron chi connectivity index (χ2n) is 6.72. The van der Waals surface area contributed by atoms with Crippen LogP contribution in [0.4, 0.5) is 0 Å². The van der Waals surface area contributed by atoms with E-state index in [9.17, 15) is 9.90 Å². The fourth-order valence-electron chi connectivity index (χ4n) is 2.67. The summed E-state index contributed by atoms with van der Waals surface area (Å²) in [6.07, 6.45) is -0.177. The molecule has 0 spiro atoms. The number of benzene rings is 1. The van der Waals surface area contributed by atoms with Crippen molar-refractivity contribution < 1.29 is 19.4 Å². The van der Waals surface area contributed by atoms with Crippen molar-refractivity contribution in [1.29, 1.82) is 0 Å². The van der Waals surface area contributed by atoms with E-state index < -0.39 is 17.5 Å². The Labute approximate surface area is 126 Å². The molecular formula is C17H24O4. The first-order valence-corrected chi connectivity index (χ1v) is 7.35. The van der Waals surface area contributed by atoms with Crippen LogP contribution in [0, 0.1) is 5.41 Å². The molecule has 116 valence electrons. The highest BCUT2D eigenvalue weighted by molar-refractivity contribution is 5.77. The van der Waals surface area contributed by atoms with E-state index in [4.69, 9.17) is 9.47 Å². The zero-order valence-electron chi connectivity index (χ0n) is 13.4. The summed E-state index contributed by atoms with van der Waals surface area (Å²) in [5.74, 6) is 0.291. The zero-order valence-corrected chi connectivity index (χ0v) is 13.4. The van der Waals surface area contributed by atoms with Crippen LogP contribution in [0.5, 0.6) is 5.75 Å². The number of carbonyl (C=O) groups excluding carboxylic acids is 1.